The molecular weight excluding hydrogens is 304 g/mol. The lowest BCUT2D eigenvalue weighted by Gasteiger charge is -2.27. The number of rotatable bonds is 1. The summed E-state index contributed by atoms with van der Waals surface area (Å²) in [6, 6.07) is 4.46. The number of aromatic nitrogens is 2. The molecule has 19 heavy (non-hydrogen) atoms. The first-order chi connectivity index (χ1) is 9.33. The van der Waals surface area contributed by atoms with Gasteiger partial charge in [0.2, 0.25) is 0 Å². The van der Waals surface area contributed by atoms with E-state index in [-0.39, 0.29) is 0 Å². The van der Waals surface area contributed by atoms with Crippen LogP contribution >= 0.6 is 15.9 Å². The first-order valence-electron chi connectivity index (χ1n) is 6.93. The Balaban J connectivity index is 1.93. The highest BCUT2D eigenvalue weighted by molar-refractivity contribution is 9.10. The van der Waals surface area contributed by atoms with Crippen LogP contribution in [0.2, 0.25) is 0 Å². The number of halogens is 1. The van der Waals surface area contributed by atoms with Crippen LogP contribution in [0.15, 0.2) is 16.6 Å². The topological polar surface area (TPSA) is 41.9 Å². The molecule has 3 heterocycles. The van der Waals surface area contributed by atoms with Crippen LogP contribution in [-0.4, -0.2) is 35.7 Å². The molecule has 0 saturated carbocycles. The second-order valence-electron chi connectivity index (χ2n) is 5.40. The van der Waals surface area contributed by atoms with E-state index in [1.807, 2.05) is 0 Å². The van der Waals surface area contributed by atoms with Crippen LogP contribution in [0.25, 0.3) is 11.0 Å². The second kappa shape index (κ2) is 4.58. The van der Waals surface area contributed by atoms with Gasteiger partial charge in [0.05, 0.1) is 11.0 Å². The quantitative estimate of drug-likeness (QED) is 0.839. The van der Waals surface area contributed by atoms with E-state index < -0.39 is 0 Å². The number of nitrogens with one attached hydrogen (secondary N) is 2. The van der Waals surface area contributed by atoms with E-state index in [4.69, 9.17) is 4.98 Å². The van der Waals surface area contributed by atoms with E-state index in [0.717, 1.165) is 39.1 Å². The predicted molar refractivity (Wildman–Crippen MR) is 79.6 cm³/mol. The highest BCUT2D eigenvalue weighted by Crippen LogP contribution is 2.32. The van der Waals surface area contributed by atoms with Crippen molar-refractivity contribution >= 4 is 27.0 Å². The van der Waals surface area contributed by atoms with Gasteiger partial charge in [-0.3, -0.25) is 0 Å². The number of hydrogen-bond donors (Lipinski definition) is 2. The highest BCUT2D eigenvalue weighted by atomic mass is 79.9. The van der Waals surface area contributed by atoms with Crippen LogP contribution in [0.3, 0.4) is 0 Å². The van der Waals surface area contributed by atoms with Crippen molar-refractivity contribution in [3.8, 4) is 0 Å². The van der Waals surface area contributed by atoms with E-state index in [1.54, 1.807) is 0 Å². The van der Waals surface area contributed by atoms with Crippen molar-refractivity contribution < 1.29 is 0 Å². The molecule has 5 heteroatoms. The molecule has 1 saturated heterocycles. The number of nitrogens with zero attached hydrogens (tertiary/aromatic N) is 2. The number of fused-ring (bicyclic) bond motifs is 3. The van der Waals surface area contributed by atoms with Crippen molar-refractivity contribution in [3.05, 3.63) is 28.0 Å². The van der Waals surface area contributed by atoms with Gasteiger partial charge >= 0.3 is 0 Å². The largest absolute Gasteiger partial charge is 0.327 e. The fourth-order valence-corrected chi connectivity index (χ4v) is 3.50. The zero-order valence-electron chi connectivity index (χ0n) is 10.7. The lowest BCUT2D eigenvalue weighted by molar-refractivity contribution is 0.450. The summed E-state index contributed by atoms with van der Waals surface area (Å²) in [5, 5.41) is 6.79. The van der Waals surface area contributed by atoms with E-state index in [9.17, 15) is 0 Å². The normalized spacial score (nSPS) is 20.1. The van der Waals surface area contributed by atoms with Crippen molar-refractivity contribution in [1.82, 2.24) is 20.2 Å². The maximum atomic E-state index is 4.93. The Kier molecular flexibility index (Phi) is 2.86. The van der Waals surface area contributed by atoms with Crippen molar-refractivity contribution in [2.45, 2.75) is 18.9 Å². The maximum Gasteiger partial charge on any atom is 0.111 e. The molecule has 0 spiro atoms. The molecule has 2 aliphatic rings. The minimum Gasteiger partial charge on any atom is -0.327 e. The SMILES string of the molecule is Brc1cc(C2CNC2)c2nc3n(c2c1)CCNCC3. The van der Waals surface area contributed by atoms with Gasteiger partial charge in [0.25, 0.3) is 0 Å². The number of hydrogen-bond acceptors (Lipinski definition) is 3. The average Bonchev–Trinajstić information content (AvgIpc) is 2.53. The Labute approximate surface area is 120 Å². The molecule has 2 aliphatic heterocycles. The van der Waals surface area contributed by atoms with Gasteiger partial charge in [-0.25, -0.2) is 4.98 Å². The molecule has 0 radical (unpaired) electrons. The van der Waals surface area contributed by atoms with Crippen LogP contribution < -0.4 is 10.6 Å². The fraction of sp³-hybridized carbons (Fsp3) is 0.500. The molecule has 0 atom stereocenters. The Hall–Kier alpha value is -0.910. The van der Waals surface area contributed by atoms with E-state index in [2.05, 4.69) is 43.3 Å². The first kappa shape index (κ1) is 11.9. The highest BCUT2D eigenvalue weighted by Gasteiger charge is 2.24. The lowest BCUT2D eigenvalue weighted by Crippen LogP contribution is -2.40. The van der Waals surface area contributed by atoms with Crippen LogP contribution in [0.1, 0.15) is 17.3 Å². The molecule has 1 aromatic carbocycles. The summed E-state index contributed by atoms with van der Waals surface area (Å²) in [5.41, 5.74) is 3.90. The summed E-state index contributed by atoms with van der Waals surface area (Å²) in [4.78, 5) is 4.93. The second-order valence-corrected chi connectivity index (χ2v) is 6.31. The van der Waals surface area contributed by atoms with Gasteiger partial charge in [-0.15, -0.1) is 0 Å². The lowest BCUT2D eigenvalue weighted by atomic mass is 9.93. The molecule has 1 fully saturated rings. The third-order valence-electron chi connectivity index (χ3n) is 4.19. The van der Waals surface area contributed by atoms with Crippen molar-refractivity contribution in [2.75, 3.05) is 26.2 Å². The van der Waals surface area contributed by atoms with Crippen LogP contribution in [0, 0.1) is 0 Å². The summed E-state index contributed by atoms with van der Waals surface area (Å²) < 4.78 is 3.55. The smallest absolute Gasteiger partial charge is 0.111 e. The molecular formula is C14H17BrN4. The van der Waals surface area contributed by atoms with Crippen LogP contribution in [-0.2, 0) is 13.0 Å². The zero-order valence-corrected chi connectivity index (χ0v) is 12.3. The first-order valence-corrected chi connectivity index (χ1v) is 7.72. The summed E-state index contributed by atoms with van der Waals surface area (Å²) in [7, 11) is 0. The Bertz CT molecular complexity index is 630. The molecule has 4 rings (SSSR count). The van der Waals surface area contributed by atoms with Crippen molar-refractivity contribution in [3.63, 3.8) is 0 Å². The molecule has 0 bridgehead atoms. The van der Waals surface area contributed by atoms with E-state index in [0.29, 0.717) is 5.92 Å². The number of imidazole rings is 1. The van der Waals surface area contributed by atoms with Gasteiger partial charge < -0.3 is 15.2 Å². The summed E-state index contributed by atoms with van der Waals surface area (Å²) in [6.45, 7) is 5.24. The number of benzene rings is 1. The molecule has 2 aromatic rings. The zero-order chi connectivity index (χ0) is 12.8. The Morgan fingerprint density at radius 1 is 1.21 bits per heavy atom. The molecule has 100 valence electrons. The molecule has 1 aromatic heterocycles. The third kappa shape index (κ3) is 1.91. The van der Waals surface area contributed by atoms with Crippen molar-refractivity contribution in [1.29, 1.82) is 0 Å². The van der Waals surface area contributed by atoms with E-state index in [1.165, 1.54) is 26.9 Å². The van der Waals surface area contributed by atoms with E-state index >= 15 is 0 Å². The minimum atomic E-state index is 0.622. The van der Waals surface area contributed by atoms with Gasteiger partial charge in [-0.1, -0.05) is 15.9 Å². The standard InChI is InChI=1S/C14H17BrN4/c15-10-5-11(9-7-17-8-9)14-12(6-10)19-4-3-16-2-1-13(19)18-14/h5-6,9,16-17H,1-4,7-8H2. The third-order valence-corrected chi connectivity index (χ3v) is 4.64. The van der Waals surface area contributed by atoms with Gasteiger partial charge in [0.15, 0.2) is 0 Å². The summed E-state index contributed by atoms with van der Waals surface area (Å²) in [6.07, 6.45) is 1.02. The predicted octanol–water partition coefficient (Wildman–Crippen LogP) is 1.63. The molecule has 0 aliphatic carbocycles. The minimum absolute atomic E-state index is 0.622. The van der Waals surface area contributed by atoms with Gasteiger partial charge in [0, 0.05) is 49.5 Å². The fourth-order valence-electron chi connectivity index (χ4n) is 3.04. The Morgan fingerprint density at radius 2 is 2.11 bits per heavy atom. The molecule has 0 unspecified atom stereocenters. The van der Waals surface area contributed by atoms with Gasteiger partial charge in [-0.05, 0) is 17.7 Å². The average molecular weight is 321 g/mol. The van der Waals surface area contributed by atoms with Gasteiger partial charge in [-0.2, -0.15) is 0 Å². The summed E-state index contributed by atoms with van der Waals surface area (Å²) in [5.74, 6) is 1.85. The molecule has 4 nitrogen and oxygen atoms in total. The maximum absolute atomic E-state index is 4.93. The van der Waals surface area contributed by atoms with Crippen LogP contribution in [0.5, 0.6) is 0 Å². The van der Waals surface area contributed by atoms with Crippen molar-refractivity contribution in [2.24, 2.45) is 0 Å². The monoisotopic (exact) mass is 320 g/mol. The molecule has 0 amide bonds. The summed E-state index contributed by atoms with van der Waals surface area (Å²) >= 11 is 3.66. The van der Waals surface area contributed by atoms with Gasteiger partial charge in [0.1, 0.15) is 5.82 Å². The Morgan fingerprint density at radius 3 is 2.89 bits per heavy atom. The molecule has 2 N–H and O–H groups in total. The van der Waals surface area contributed by atoms with Crippen LogP contribution in [0.4, 0.5) is 0 Å².